The number of carbonyl (C=O) groups is 3. The first-order valence-corrected chi connectivity index (χ1v) is 9.92. The van der Waals surface area contributed by atoms with Crippen molar-refractivity contribution in [3.8, 4) is 0 Å². The van der Waals surface area contributed by atoms with Gasteiger partial charge in [0.2, 0.25) is 0 Å². The predicted molar refractivity (Wildman–Crippen MR) is 116 cm³/mol. The molecule has 0 unspecified atom stereocenters. The average Bonchev–Trinajstić information content (AvgIpc) is 3.34. The lowest BCUT2D eigenvalue weighted by atomic mass is 10.0. The number of nitrogens with zero attached hydrogens (tertiary/aromatic N) is 2. The number of benzene rings is 3. The van der Waals surface area contributed by atoms with E-state index >= 15 is 0 Å². The lowest BCUT2D eigenvalue weighted by molar-refractivity contribution is -0.134. The van der Waals surface area contributed by atoms with E-state index in [2.05, 4.69) is 5.10 Å². The van der Waals surface area contributed by atoms with Crippen molar-refractivity contribution in [2.24, 2.45) is 5.10 Å². The quantitative estimate of drug-likeness (QED) is 0.457. The molecular formula is C25H20N2O4. The highest BCUT2D eigenvalue weighted by molar-refractivity contribution is 6.09. The summed E-state index contributed by atoms with van der Waals surface area (Å²) < 4.78 is 5.14. The molecule has 0 spiro atoms. The summed E-state index contributed by atoms with van der Waals surface area (Å²) in [6.45, 7) is 0.0615. The first-order chi connectivity index (χ1) is 15.1. The Kier molecular flexibility index (Phi) is 5.98. The van der Waals surface area contributed by atoms with Gasteiger partial charge in [0.1, 0.15) is 0 Å². The zero-order valence-electron chi connectivity index (χ0n) is 16.7. The smallest absolute Gasteiger partial charge is 0.338 e. The molecule has 0 saturated heterocycles. The van der Waals surface area contributed by atoms with Gasteiger partial charge in [-0.05, 0) is 17.7 Å². The van der Waals surface area contributed by atoms with Crippen LogP contribution >= 0.6 is 0 Å². The van der Waals surface area contributed by atoms with Gasteiger partial charge in [-0.2, -0.15) is 5.10 Å². The minimum atomic E-state index is -0.626. The van der Waals surface area contributed by atoms with Crippen molar-refractivity contribution in [3.05, 3.63) is 107 Å². The number of rotatable bonds is 6. The SMILES string of the molecule is O=C(OCC(=O)N1CCC(c2ccccc2)=N1)c1ccc(C(=O)c2ccccc2)cc1. The lowest BCUT2D eigenvalue weighted by Gasteiger charge is -2.11. The second kappa shape index (κ2) is 9.17. The number of hydrogen-bond donors (Lipinski definition) is 0. The van der Waals surface area contributed by atoms with E-state index in [-0.39, 0.29) is 17.3 Å². The molecule has 3 aromatic rings. The number of hydrogen-bond acceptors (Lipinski definition) is 5. The van der Waals surface area contributed by atoms with E-state index in [1.807, 2.05) is 36.4 Å². The number of ether oxygens (including phenoxy) is 1. The molecule has 1 heterocycles. The maximum absolute atomic E-state index is 12.4. The summed E-state index contributed by atoms with van der Waals surface area (Å²) in [7, 11) is 0. The Morgan fingerprint density at radius 3 is 2.03 bits per heavy atom. The van der Waals surface area contributed by atoms with Crippen molar-refractivity contribution >= 4 is 23.4 Å². The molecule has 6 nitrogen and oxygen atoms in total. The Morgan fingerprint density at radius 1 is 0.774 bits per heavy atom. The van der Waals surface area contributed by atoms with Crippen LogP contribution in [0, 0.1) is 0 Å². The maximum Gasteiger partial charge on any atom is 0.338 e. The molecule has 0 N–H and O–H groups in total. The molecule has 1 aliphatic rings. The fourth-order valence-electron chi connectivity index (χ4n) is 3.27. The van der Waals surface area contributed by atoms with E-state index < -0.39 is 12.6 Å². The standard InChI is InChI=1S/C25H20N2O4/c28-23(27-16-15-22(26-27)18-7-3-1-4-8-18)17-31-25(30)21-13-11-20(12-14-21)24(29)19-9-5-2-6-10-19/h1-14H,15-17H2. The Morgan fingerprint density at radius 2 is 1.35 bits per heavy atom. The summed E-state index contributed by atoms with van der Waals surface area (Å²) in [6, 6.07) is 24.7. The molecular weight excluding hydrogens is 392 g/mol. The van der Waals surface area contributed by atoms with Crippen molar-refractivity contribution in [2.75, 3.05) is 13.2 Å². The van der Waals surface area contributed by atoms with Gasteiger partial charge in [-0.1, -0.05) is 72.8 Å². The molecule has 6 heteroatoms. The highest BCUT2D eigenvalue weighted by Gasteiger charge is 2.22. The van der Waals surface area contributed by atoms with E-state index in [1.54, 1.807) is 36.4 Å². The molecule has 0 saturated carbocycles. The van der Waals surface area contributed by atoms with Crippen LogP contribution in [0.15, 0.2) is 90.0 Å². The molecule has 4 rings (SSSR count). The number of amides is 1. The highest BCUT2D eigenvalue weighted by atomic mass is 16.5. The molecule has 1 aliphatic heterocycles. The molecule has 3 aromatic carbocycles. The van der Waals surface area contributed by atoms with Gasteiger partial charge in [-0.3, -0.25) is 9.59 Å². The summed E-state index contributed by atoms with van der Waals surface area (Å²) in [5, 5.41) is 5.67. The zero-order valence-corrected chi connectivity index (χ0v) is 16.7. The molecule has 0 bridgehead atoms. The van der Waals surface area contributed by atoms with Crippen LogP contribution in [0.5, 0.6) is 0 Å². The van der Waals surface area contributed by atoms with E-state index in [1.165, 1.54) is 17.1 Å². The third-order valence-electron chi connectivity index (χ3n) is 4.94. The molecule has 1 amide bonds. The second-order valence-electron chi connectivity index (χ2n) is 7.03. The zero-order chi connectivity index (χ0) is 21.6. The van der Waals surface area contributed by atoms with E-state index in [9.17, 15) is 14.4 Å². The van der Waals surface area contributed by atoms with Crippen LogP contribution in [-0.2, 0) is 9.53 Å². The van der Waals surface area contributed by atoms with Gasteiger partial charge in [0.05, 0.1) is 17.8 Å². The van der Waals surface area contributed by atoms with Crippen molar-refractivity contribution in [1.29, 1.82) is 0 Å². The van der Waals surface area contributed by atoms with E-state index in [0.717, 1.165) is 11.3 Å². The summed E-state index contributed by atoms with van der Waals surface area (Å²) in [5.41, 5.74) is 3.12. The highest BCUT2D eigenvalue weighted by Crippen LogP contribution is 2.15. The molecule has 0 aliphatic carbocycles. The number of esters is 1. The normalized spacial score (nSPS) is 12.9. The molecule has 31 heavy (non-hydrogen) atoms. The van der Waals surface area contributed by atoms with Crippen LogP contribution in [0.3, 0.4) is 0 Å². The third kappa shape index (κ3) is 4.75. The summed E-state index contributed by atoms with van der Waals surface area (Å²) >= 11 is 0. The van der Waals surface area contributed by atoms with Crippen LogP contribution in [-0.4, -0.2) is 41.5 Å². The minimum Gasteiger partial charge on any atom is -0.452 e. The van der Waals surface area contributed by atoms with E-state index in [4.69, 9.17) is 4.74 Å². The monoisotopic (exact) mass is 412 g/mol. The Labute approximate surface area is 179 Å². The third-order valence-corrected chi connectivity index (χ3v) is 4.94. The first-order valence-electron chi connectivity index (χ1n) is 9.92. The second-order valence-corrected chi connectivity index (χ2v) is 7.03. The van der Waals surface area contributed by atoms with Gasteiger partial charge in [0.25, 0.3) is 5.91 Å². The fraction of sp³-hybridized carbons (Fsp3) is 0.120. The fourth-order valence-corrected chi connectivity index (χ4v) is 3.27. The molecule has 0 radical (unpaired) electrons. The Hall–Kier alpha value is -4.06. The topological polar surface area (TPSA) is 76.0 Å². The lowest BCUT2D eigenvalue weighted by Crippen LogP contribution is -2.28. The van der Waals surface area contributed by atoms with Gasteiger partial charge in [-0.25, -0.2) is 9.80 Å². The summed E-state index contributed by atoms with van der Waals surface area (Å²) in [4.78, 5) is 37.1. The summed E-state index contributed by atoms with van der Waals surface area (Å²) in [5.74, 6) is -1.13. The number of ketones is 1. The molecule has 0 fully saturated rings. The van der Waals surface area contributed by atoms with Crippen molar-refractivity contribution in [1.82, 2.24) is 5.01 Å². The van der Waals surface area contributed by atoms with Crippen LogP contribution in [0.25, 0.3) is 0 Å². The minimum absolute atomic E-state index is 0.128. The number of carbonyl (C=O) groups excluding carboxylic acids is 3. The Bertz CT molecular complexity index is 1120. The van der Waals surface area contributed by atoms with Gasteiger partial charge < -0.3 is 4.74 Å². The summed E-state index contributed by atoms with van der Waals surface area (Å²) in [6.07, 6.45) is 0.653. The first kappa shape index (κ1) is 20.2. The van der Waals surface area contributed by atoms with Crippen LogP contribution in [0.2, 0.25) is 0 Å². The largest absolute Gasteiger partial charge is 0.452 e. The number of hydrazone groups is 1. The van der Waals surface area contributed by atoms with Crippen LogP contribution in [0.1, 0.15) is 38.3 Å². The van der Waals surface area contributed by atoms with Gasteiger partial charge in [-0.15, -0.1) is 0 Å². The molecule has 0 atom stereocenters. The maximum atomic E-state index is 12.4. The Balaban J connectivity index is 1.33. The van der Waals surface area contributed by atoms with Gasteiger partial charge in [0, 0.05) is 17.5 Å². The molecule has 154 valence electrons. The van der Waals surface area contributed by atoms with Crippen molar-refractivity contribution in [2.45, 2.75) is 6.42 Å². The predicted octanol–water partition coefficient (Wildman–Crippen LogP) is 3.71. The van der Waals surface area contributed by atoms with Crippen LogP contribution < -0.4 is 0 Å². The van der Waals surface area contributed by atoms with Crippen LogP contribution in [0.4, 0.5) is 0 Å². The van der Waals surface area contributed by atoms with E-state index in [0.29, 0.717) is 24.1 Å². The average molecular weight is 412 g/mol. The van der Waals surface area contributed by atoms with Gasteiger partial charge >= 0.3 is 5.97 Å². The van der Waals surface area contributed by atoms with Gasteiger partial charge in [0.15, 0.2) is 12.4 Å². The van der Waals surface area contributed by atoms with Crippen molar-refractivity contribution in [3.63, 3.8) is 0 Å². The van der Waals surface area contributed by atoms with Crippen molar-refractivity contribution < 1.29 is 19.1 Å². The molecule has 0 aromatic heterocycles.